The summed E-state index contributed by atoms with van der Waals surface area (Å²) in [5.74, 6) is 1.53. The van der Waals surface area contributed by atoms with Gasteiger partial charge in [-0.2, -0.15) is 0 Å². The molecule has 0 bridgehead atoms. The van der Waals surface area contributed by atoms with Gasteiger partial charge < -0.3 is 0 Å². The summed E-state index contributed by atoms with van der Waals surface area (Å²) in [6.07, 6.45) is 14.0. The van der Waals surface area contributed by atoms with Gasteiger partial charge in [0.25, 0.3) is 0 Å². The number of rotatable bonds is 7. The molecule has 0 heteroatoms. The summed E-state index contributed by atoms with van der Waals surface area (Å²) >= 11 is 0. The van der Waals surface area contributed by atoms with Crippen LogP contribution >= 0.6 is 0 Å². The monoisotopic (exact) mass is 224 g/mol. The van der Waals surface area contributed by atoms with Crippen LogP contribution in [0.3, 0.4) is 0 Å². The van der Waals surface area contributed by atoms with Crippen molar-refractivity contribution in [3.8, 4) is 0 Å². The molecule has 2 atom stereocenters. The summed E-state index contributed by atoms with van der Waals surface area (Å²) in [7, 11) is 0. The van der Waals surface area contributed by atoms with Gasteiger partial charge in [-0.25, -0.2) is 0 Å². The number of hydrogen-bond acceptors (Lipinski definition) is 0. The Morgan fingerprint density at radius 3 is 2.06 bits per heavy atom. The Bertz CT molecular complexity index is 165. The lowest BCUT2D eigenvalue weighted by atomic mass is 9.93. The Hall–Kier alpha value is -0.520. The molecule has 0 aromatic rings. The summed E-state index contributed by atoms with van der Waals surface area (Å²) in [6.45, 7) is 13.1. The van der Waals surface area contributed by atoms with Crippen molar-refractivity contribution in [2.75, 3.05) is 0 Å². The SMILES string of the molecule is CC.CCC/C=C\C/C=C\C(C)C(C)CC. The van der Waals surface area contributed by atoms with Crippen LogP contribution in [-0.2, 0) is 0 Å². The largest absolute Gasteiger partial charge is 0.0882 e. The van der Waals surface area contributed by atoms with Crippen molar-refractivity contribution in [2.24, 2.45) is 11.8 Å². The molecule has 0 saturated carbocycles. The van der Waals surface area contributed by atoms with E-state index in [0.29, 0.717) is 0 Å². The molecule has 0 heterocycles. The van der Waals surface area contributed by atoms with Crippen molar-refractivity contribution in [2.45, 2.75) is 67.2 Å². The zero-order valence-corrected chi connectivity index (χ0v) is 12.3. The van der Waals surface area contributed by atoms with Crippen LogP contribution in [0.5, 0.6) is 0 Å². The molecule has 0 radical (unpaired) electrons. The molecular formula is C16H32. The molecular weight excluding hydrogens is 192 g/mol. The second-order valence-electron chi connectivity index (χ2n) is 4.17. The van der Waals surface area contributed by atoms with E-state index in [1.54, 1.807) is 0 Å². The molecule has 16 heavy (non-hydrogen) atoms. The van der Waals surface area contributed by atoms with Crippen molar-refractivity contribution in [3.05, 3.63) is 24.3 Å². The van der Waals surface area contributed by atoms with E-state index in [-0.39, 0.29) is 0 Å². The molecule has 0 fully saturated rings. The van der Waals surface area contributed by atoms with Gasteiger partial charge >= 0.3 is 0 Å². The van der Waals surface area contributed by atoms with E-state index < -0.39 is 0 Å². The van der Waals surface area contributed by atoms with Crippen molar-refractivity contribution in [1.82, 2.24) is 0 Å². The van der Waals surface area contributed by atoms with Gasteiger partial charge in [-0.05, 0) is 24.7 Å². The predicted molar refractivity (Wildman–Crippen MR) is 77.8 cm³/mol. The van der Waals surface area contributed by atoms with E-state index >= 15 is 0 Å². The normalized spacial score (nSPS) is 14.9. The molecule has 0 aromatic carbocycles. The van der Waals surface area contributed by atoms with Crippen LogP contribution < -0.4 is 0 Å². The van der Waals surface area contributed by atoms with Crippen molar-refractivity contribution in [3.63, 3.8) is 0 Å². The minimum absolute atomic E-state index is 0.722. The molecule has 0 aliphatic heterocycles. The van der Waals surface area contributed by atoms with Crippen LogP contribution in [0.2, 0.25) is 0 Å². The minimum Gasteiger partial charge on any atom is -0.0882 e. The number of allylic oxidation sites excluding steroid dienone is 4. The zero-order chi connectivity index (χ0) is 12.8. The molecule has 96 valence electrons. The van der Waals surface area contributed by atoms with Gasteiger partial charge in [-0.1, -0.05) is 78.7 Å². The second kappa shape index (κ2) is 14.5. The number of unbranched alkanes of at least 4 members (excludes halogenated alkanes) is 1. The predicted octanol–water partition coefficient (Wildman–Crippen LogP) is 6.00. The first-order valence-electron chi connectivity index (χ1n) is 7.04. The van der Waals surface area contributed by atoms with E-state index in [0.717, 1.165) is 18.3 Å². The first-order chi connectivity index (χ1) is 7.72. The standard InChI is InChI=1S/C14H26.C2H6/c1-5-7-8-9-10-11-12-14(4)13(3)6-2;1-2/h8-9,11-14H,5-7,10H2,1-4H3;1-2H3/b9-8-,12-11-;. The smallest absolute Gasteiger partial charge is 0.0169 e. The molecule has 0 nitrogen and oxygen atoms in total. The third-order valence-electron chi connectivity index (χ3n) is 2.88. The quantitative estimate of drug-likeness (QED) is 0.465. The third kappa shape index (κ3) is 11.6. The lowest BCUT2D eigenvalue weighted by Crippen LogP contribution is -2.02. The minimum atomic E-state index is 0.722. The first kappa shape index (κ1) is 17.9. The maximum Gasteiger partial charge on any atom is -0.0169 e. The molecule has 2 unspecified atom stereocenters. The summed E-state index contributed by atoms with van der Waals surface area (Å²) in [4.78, 5) is 0. The van der Waals surface area contributed by atoms with Crippen molar-refractivity contribution in [1.29, 1.82) is 0 Å². The Kier molecular flexibility index (Phi) is 16.2. The van der Waals surface area contributed by atoms with Gasteiger partial charge in [0, 0.05) is 0 Å². The highest BCUT2D eigenvalue weighted by Gasteiger charge is 2.04. The van der Waals surface area contributed by atoms with Crippen LogP contribution in [0, 0.1) is 11.8 Å². The summed E-state index contributed by atoms with van der Waals surface area (Å²) in [5.41, 5.74) is 0. The van der Waals surface area contributed by atoms with Gasteiger partial charge in [0.05, 0.1) is 0 Å². The fourth-order valence-corrected chi connectivity index (χ4v) is 1.31. The highest BCUT2D eigenvalue weighted by molar-refractivity contribution is 4.95. The van der Waals surface area contributed by atoms with Gasteiger partial charge in [0.2, 0.25) is 0 Å². The Balaban J connectivity index is 0. The molecule has 0 aromatic heterocycles. The van der Waals surface area contributed by atoms with E-state index in [1.165, 1.54) is 19.3 Å². The summed E-state index contributed by atoms with van der Waals surface area (Å²) in [6, 6.07) is 0. The van der Waals surface area contributed by atoms with Crippen molar-refractivity contribution < 1.29 is 0 Å². The Morgan fingerprint density at radius 1 is 0.938 bits per heavy atom. The second-order valence-corrected chi connectivity index (χ2v) is 4.17. The van der Waals surface area contributed by atoms with E-state index in [9.17, 15) is 0 Å². The van der Waals surface area contributed by atoms with Gasteiger partial charge in [-0.15, -0.1) is 0 Å². The molecule has 0 amide bonds. The fraction of sp³-hybridized carbons (Fsp3) is 0.750. The highest BCUT2D eigenvalue weighted by atomic mass is 14.1. The zero-order valence-electron chi connectivity index (χ0n) is 12.3. The summed E-state index contributed by atoms with van der Waals surface area (Å²) in [5, 5.41) is 0. The maximum atomic E-state index is 2.35. The van der Waals surface area contributed by atoms with Crippen LogP contribution in [-0.4, -0.2) is 0 Å². The highest BCUT2D eigenvalue weighted by Crippen LogP contribution is 2.15. The van der Waals surface area contributed by atoms with E-state index in [1.807, 2.05) is 13.8 Å². The lowest BCUT2D eigenvalue weighted by molar-refractivity contribution is 0.446. The molecule has 0 spiro atoms. The molecule has 0 rings (SSSR count). The van der Waals surface area contributed by atoms with E-state index in [4.69, 9.17) is 0 Å². The first-order valence-corrected chi connectivity index (χ1v) is 7.04. The van der Waals surface area contributed by atoms with Gasteiger partial charge in [0.1, 0.15) is 0 Å². The maximum absolute atomic E-state index is 2.35. The Morgan fingerprint density at radius 2 is 1.56 bits per heavy atom. The van der Waals surface area contributed by atoms with Crippen LogP contribution in [0.4, 0.5) is 0 Å². The van der Waals surface area contributed by atoms with E-state index in [2.05, 4.69) is 52.0 Å². The molecule has 0 N–H and O–H groups in total. The van der Waals surface area contributed by atoms with Gasteiger partial charge in [0.15, 0.2) is 0 Å². The average Bonchev–Trinajstić information content (AvgIpc) is 2.34. The molecule has 0 saturated heterocycles. The van der Waals surface area contributed by atoms with Crippen LogP contribution in [0.15, 0.2) is 24.3 Å². The number of hydrogen-bond donors (Lipinski definition) is 0. The lowest BCUT2D eigenvalue weighted by Gasteiger charge is -2.13. The molecule has 0 aliphatic carbocycles. The summed E-state index contributed by atoms with van der Waals surface area (Å²) < 4.78 is 0. The van der Waals surface area contributed by atoms with Gasteiger partial charge in [-0.3, -0.25) is 0 Å². The fourth-order valence-electron chi connectivity index (χ4n) is 1.31. The van der Waals surface area contributed by atoms with Crippen LogP contribution in [0.1, 0.15) is 67.2 Å². The average molecular weight is 224 g/mol. The van der Waals surface area contributed by atoms with Crippen LogP contribution in [0.25, 0.3) is 0 Å². The molecule has 0 aliphatic rings. The Labute approximate surface area is 104 Å². The third-order valence-corrected chi connectivity index (χ3v) is 2.88. The topological polar surface area (TPSA) is 0 Å². The van der Waals surface area contributed by atoms with Crippen molar-refractivity contribution >= 4 is 0 Å².